The fraction of sp³-hybridized carbons (Fsp3) is 0. The van der Waals surface area contributed by atoms with Gasteiger partial charge < -0.3 is 0 Å². The van der Waals surface area contributed by atoms with E-state index in [0.717, 1.165) is 5.56 Å². The Labute approximate surface area is 119 Å². The molecule has 0 saturated carbocycles. The van der Waals surface area contributed by atoms with Crippen molar-refractivity contribution in [2.75, 3.05) is 0 Å². The van der Waals surface area contributed by atoms with Gasteiger partial charge in [0.2, 0.25) is 0 Å². The van der Waals surface area contributed by atoms with Crippen LogP contribution in [0.1, 0.15) is 15.9 Å². The van der Waals surface area contributed by atoms with Gasteiger partial charge in [-0.15, -0.1) is 0 Å². The highest BCUT2D eigenvalue weighted by molar-refractivity contribution is 6.33. The van der Waals surface area contributed by atoms with Crippen LogP contribution in [0.15, 0.2) is 41.8 Å². The summed E-state index contributed by atoms with van der Waals surface area (Å²) >= 11 is 11.4. The zero-order valence-electron chi connectivity index (χ0n) is 9.55. The zero-order chi connectivity index (χ0) is 13.7. The number of carbonyl (C=O) groups excluding carboxylic acids is 1. The van der Waals surface area contributed by atoms with E-state index >= 15 is 0 Å². The quantitative estimate of drug-likeness (QED) is 0.537. The van der Waals surface area contributed by atoms with Crippen molar-refractivity contribution < 1.29 is 4.79 Å². The molecule has 5 nitrogen and oxygen atoms in total. The Morgan fingerprint density at radius 3 is 2.68 bits per heavy atom. The molecular formula is C12H8Cl2N4O. The van der Waals surface area contributed by atoms with Crippen LogP contribution in [-0.4, -0.2) is 22.1 Å². The van der Waals surface area contributed by atoms with E-state index in [1.54, 1.807) is 18.5 Å². The summed E-state index contributed by atoms with van der Waals surface area (Å²) in [5, 5.41) is 4.10. The molecule has 0 bridgehead atoms. The molecule has 0 aliphatic carbocycles. The molecule has 0 atom stereocenters. The smallest absolute Gasteiger partial charge is 0.267 e. The molecule has 2 aromatic heterocycles. The molecule has 0 aliphatic rings. The van der Waals surface area contributed by atoms with Crippen molar-refractivity contribution in [2.24, 2.45) is 5.10 Å². The second-order valence-corrected chi connectivity index (χ2v) is 4.26. The average molecular weight is 295 g/mol. The molecule has 7 heteroatoms. The monoisotopic (exact) mass is 294 g/mol. The highest BCUT2D eigenvalue weighted by Crippen LogP contribution is 2.14. The van der Waals surface area contributed by atoms with Gasteiger partial charge in [-0.05, 0) is 18.2 Å². The standard InChI is InChI=1S/C12H8Cl2N4O/c13-10-4-9(5-11(14)17-10)12(19)18-16-7-8-2-1-3-15-6-8/h1-7H,(H,18,19)/b16-7-. The minimum Gasteiger partial charge on any atom is -0.267 e. The van der Waals surface area contributed by atoms with Gasteiger partial charge in [0.15, 0.2) is 0 Å². The largest absolute Gasteiger partial charge is 0.271 e. The minimum atomic E-state index is -0.425. The molecule has 2 heterocycles. The molecule has 0 unspecified atom stereocenters. The fourth-order valence-corrected chi connectivity index (χ4v) is 1.74. The van der Waals surface area contributed by atoms with Gasteiger partial charge in [-0.2, -0.15) is 5.10 Å². The summed E-state index contributed by atoms with van der Waals surface area (Å²) in [5.74, 6) is -0.425. The maximum absolute atomic E-state index is 11.8. The van der Waals surface area contributed by atoms with Gasteiger partial charge in [0.25, 0.3) is 5.91 Å². The van der Waals surface area contributed by atoms with Crippen LogP contribution < -0.4 is 5.43 Å². The lowest BCUT2D eigenvalue weighted by Crippen LogP contribution is -2.17. The number of hydrazone groups is 1. The average Bonchev–Trinajstić information content (AvgIpc) is 2.38. The van der Waals surface area contributed by atoms with Crippen molar-refractivity contribution in [1.29, 1.82) is 0 Å². The fourth-order valence-electron chi connectivity index (χ4n) is 1.28. The van der Waals surface area contributed by atoms with Crippen LogP contribution in [0.25, 0.3) is 0 Å². The van der Waals surface area contributed by atoms with Crippen molar-refractivity contribution in [3.63, 3.8) is 0 Å². The first-order chi connectivity index (χ1) is 9.15. The van der Waals surface area contributed by atoms with Gasteiger partial charge in [-0.3, -0.25) is 9.78 Å². The number of hydrogen-bond acceptors (Lipinski definition) is 4. The molecule has 0 aromatic carbocycles. The van der Waals surface area contributed by atoms with E-state index in [9.17, 15) is 4.79 Å². The predicted octanol–water partition coefficient (Wildman–Crippen LogP) is 2.55. The maximum Gasteiger partial charge on any atom is 0.271 e. The molecule has 0 fully saturated rings. The second kappa shape index (κ2) is 6.26. The molecule has 1 amide bonds. The Bertz CT molecular complexity index is 596. The number of pyridine rings is 2. The molecule has 96 valence electrons. The first-order valence-electron chi connectivity index (χ1n) is 5.21. The lowest BCUT2D eigenvalue weighted by molar-refractivity contribution is 0.0955. The SMILES string of the molecule is O=C(N/N=C\c1cccnc1)c1cc(Cl)nc(Cl)c1. The zero-order valence-corrected chi connectivity index (χ0v) is 11.1. The van der Waals surface area contributed by atoms with Crippen LogP contribution in [-0.2, 0) is 0 Å². The van der Waals surface area contributed by atoms with Crippen LogP contribution in [0.2, 0.25) is 10.3 Å². The normalized spacial score (nSPS) is 10.6. The Kier molecular flexibility index (Phi) is 4.43. The molecule has 0 radical (unpaired) electrons. The second-order valence-electron chi connectivity index (χ2n) is 3.49. The van der Waals surface area contributed by atoms with Crippen LogP contribution in [0, 0.1) is 0 Å². The van der Waals surface area contributed by atoms with Crippen LogP contribution >= 0.6 is 23.2 Å². The number of rotatable bonds is 3. The van der Waals surface area contributed by atoms with E-state index in [1.165, 1.54) is 18.3 Å². The van der Waals surface area contributed by atoms with Crippen molar-refractivity contribution in [3.05, 3.63) is 58.1 Å². The lowest BCUT2D eigenvalue weighted by Gasteiger charge is -2.00. The van der Waals surface area contributed by atoms with Gasteiger partial charge >= 0.3 is 0 Å². The Hall–Kier alpha value is -1.98. The van der Waals surface area contributed by atoms with Crippen LogP contribution in [0.4, 0.5) is 0 Å². The van der Waals surface area contributed by atoms with Gasteiger partial charge in [0.05, 0.1) is 6.21 Å². The molecule has 1 N–H and O–H groups in total. The number of halogens is 2. The van der Waals surface area contributed by atoms with Crippen LogP contribution in [0.5, 0.6) is 0 Å². The summed E-state index contributed by atoms with van der Waals surface area (Å²) in [6.45, 7) is 0. The van der Waals surface area contributed by atoms with Gasteiger partial charge in [-0.1, -0.05) is 29.3 Å². The number of amides is 1. The van der Waals surface area contributed by atoms with Crippen LogP contribution in [0.3, 0.4) is 0 Å². The molecule has 0 saturated heterocycles. The van der Waals surface area contributed by atoms with E-state index in [4.69, 9.17) is 23.2 Å². The lowest BCUT2D eigenvalue weighted by atomic mass is 10.2. The summed E-state index contributed by atoms with van der Waals surface area (Å²) < 4.78 is 0. The molecule has 0 spiro atoms. The van der Waals surface area contributed by atoms with Gasteiger partial charge in [0.1, 0.15) is 10.3 Å². The molecule has 19 heavy (non-hydrogen) atoms. The number of nitrogens with one attached hydrogen (secondary N) is 1. The topological polar surface area (TPSA) is 67.2 Å². The predicted molar refractivity (Wildman–Crippen MR) is 73.6 cm³/mol. The number of aromatic nitrogens is 2. The number of nitrogens with zero attached hydrogens (tertiary/aromatic N) is 3. The summed E-state index contributed by atoms with van der Waals surface area (Å²) in [6.07, 6.45) is 4.75. The van der Waals surface area contributed by atoms with Crippen molar-refractivity contribution >= 4 is 35.3 Å². The first-order valence-corrected chi connectivity index (χ1v) is 5.97. The van der Waals surface area contributed by atoms with Crippen molar-refractivity contribution in [3.8, 4) is 0 Å². The summed E-state index contributed by atoms with van der Waals surface area (Å²) in [4.78, 5) is 19.4. The Morgan fingerprint density at radius 1 is 1.32 bits per heavy atom. The van der Waals surface area contributed by atoms with E-state index in [0.29, 0.717) is 0 Å². The van der Waals surface area contributed by atoms with E-state index < -0.39 is 5.91 Å². The first kappa shape index (κ1) is 13.5. The Balaban J connectivity index is 2.03. The highest BCUT2D eigenvalue weighted by atomic mass is 35.5. The molecular weight excluding hydrogens is 287 g/mol. The Morgan fingerprint density at radius 2 is 2.05 bits per heavy atom. The van der Waals surface area contributed by atoms with E-state index in [-0.39, 0.29) is 15.9 Å². The van der Waals surface area contributed by atoms with Gasteiger partial charge in [-0.25, -0.2) is 10.4 Å². The maximum atomic E-state index is 11.8. The number of carbonyl (C=O) groups is 1. The third kappa shape index (κ3) is 4.01. The number of hydrogen-bond donors (Lipinski definition) is 1. The third-order valence-corrected chi connectivity index (χ3v) is 2.48. The minimum absolute atomic E-state index is 0.147. The summed E-state index contributed by atoms with van der Waals surface area (Å²) in [6, 6.07) is 6.39. The summed E-state index contributed by atoms with van der Waals surface area (Å²) in [5.41, 5.74) is 3.42. The molecule has 2 rings (SSSR count). The molecule has 2 aromatic rings. The molecule has 0 aliphatic heterocycles. The van der Waals surface area contributed by atoms with E-state index in [2.05, 4.69) is 20.5 Å². The van der Waals surface area contributed by atoms with Gasteiger partial charge in [0, 0.05) is 23.5 Å². The van der Waals surface area contributed by atoms with E-state index in [1.807, 2.05) is 6.07 Å². The van der Waals surface area contributed by atoms with Crippen molar-refractivity contribution in [2.45, 2.75) is 0 Å². The summed E-state index contributed by atoms with van der Waals surface area (Å²) in [7, 11) is 0. The third-order valence-electron chi connectivity index (χ3n) is 2.09. The van der Waals surface area contributed by atoms with Crippen molar-refractivity contribution in [1.82, 2.24) is 15.4 Å². The highest BCUT2D eigenvalue weighted by Gasteiger charge is 2.07.